The predicted molar refractivity (Wildman–Crippen MR) is 107 cm³/mol. The number of para-hydroxylation sites is 1. The number of carbonyl (C=O) groups excluding carboxylic acids is 2. The molecule has 0 spiro atoms. The Kier molecular flexibility index (Phi) is 6.51. The van der Waals surface area contributed by atoms with Gasteiger partial charge in [0.2, 0.25) is 21.8 Å². The third-order valence-electron chi connectivity index (χ3n) is 4.43. The monoisotopic (exact) mass is 456 g/mol. The van der Waals surface area contributed by atoms with Gasteiger partial charge < -0.3 is 16.0 Å². The van der Waals surface area contributed by atoms with Crippen molar-refractivity contribution >= 4 is 33.2 Å². The second-order valence-corrected chi connectivity index (χ2v) is 8.60. The number of halogens is 3. The Balaban J connectivity index is 1.67. The third kappa shape index (κ3) is 5.52. The van der Waals surface area contributed by atoms with Crippen LogP contribution in [0, 0.1) is 0 Å². The SMILES string of the molecule is O=C1CN(S(=O)(=O)c2cccc(NCC(=O)Nc3ccccc3C(F)(F)F)c2)CCN1. The fourth-order valence-electron chi connectivity index (χ4n) is 2.95. The predicted octanol–water partition coefficient (Wildman–Crippen LogP) is 1.88. The first-order chi connectivity index (χ1) is 14.6. The van der Waals surface area contributed by atoms with Crippen LogP contribution in [0.1, 0.15) is 5.56 Å². The smallest absolute Gasteiger partial charge is 0.376 e. The average molecular weight is 456 g/mol. The minimum Gasteiger partial charge on any atom is -0.376 e. The van der Waals surface area contributed by atoms with E-state index in [0.29, 0.717) is 0 Å². The molecule has 2 aromatic carbocycles. The minimum atomic E-state index is -4.62. The first kappa shape index (κ1) is 22.6. The summed E-state index contributed by atoms with van der Waals surface area (Å²) in [5.41, 5.74) is -1.06. The molecule has 12 heteroatoms. The van der Waals surface area contributed by atoms with Gasteiger partial charge in [-0.05, 0) is 30.3 Å². The van der Waals surface area contributed by atoms with Crippen LogP contribution in [0.3, 0.4) is 0 Å². The van der Waals surface area contributed by atoms with E-state index in [2.05, 4.69) is 16.0 Å². The lowest BCUT2D eigenvalue weighted by molar-refractivity contribution is -0.137. The molecule has 1 saturated heterocycles. The lowest BCUT2D eigenvalue weighted by atomic mass is 10.1. The maximum Gasteiger partial charge on any atom is 0.418 e. The zero-order chi connectivity index (χ0) is 22.6. The average Bonchev–Trinajstić information content (AvgIpc) is 2.72. The Hall–Kier alpha value is -3.12. The van der Waals surface area contributed by atoms with Crippen LogP contribution >= 0.6 is 0 Å². The van der Waals surface area contributed by atoms with Crippen LogP contribution in [0.5, 0.6) is 0 Å². The number of piperazine rings is 1. The van der Waals surface area contributed by atoms with Gasteiger partial charge in [-0.2, -0.15) is 17.5 Å². The van der Waals surface area contributed by atoms with E-state index in [4.69, 9.17) is 0 Å². The van der Waals surface area contributed by atoms with E-state index < -0.39 is 33.6 Å². The highest BCUT2D eigenvalue weighted by atomic mass is 32.2. The van der Waals surface area contributed by atoms with Gasteiger partial charge in [0.05, 0.1) is 29.2 Å². The van der Waals surface area contributed by atoms with Crippen molar-refractivity contribution in [2.24, 2.45) is 0 Å². The van der Waals surface area contributed by atoms with Crippen molar-refractivity contribution in [2.75, 3.05) is 36.8 Å². The van der Waals surface area contributed by atoms with Gasteiger partial charge in [0.1, 0.15) is 0 Å². The molecule has 31 heavy (non-hydrogen) atoms. The number of benzene rings is 2. The summed E-state index contributed by atoms with van der Waals surface area (Å²) in [6.07, 6.45) is -4.62. The topological polar surface area (TPSA) is 108 Å². The maximum atomic E-state index is 13.0. The second-order valence-electron chi connectivity index (χ2n) is 6.66. The molecular formula is C19H19F3N4O4S. The normalized spacial score (nSPS) is 15.3. The lowest BCUT2D eigenvalue weighted by Crippen LogP contribution is -2.49. The van der Waals surface area contributed by atoms with Crippen molar-refractivity contribution in [3.8, 4) is 0 Å². The fourth-order valence-corrected chi connectivity index (χ4v) is 4.40. The summed E-state index contributed by atoms with van der Waals surface area (Å²) < 4.78 is 65.6. The summed E-state index contributed by atoms with van der Waals surface area (Å²) in [5, 5.41) is 7.43. The largest absolute Gasteiger partial charge is 0.418 e. The molecule has 0 saturated carbocycles. The highest BCUT2D eigenvalue weighted by Gasteiger charge is 2.33. The standard InChI is InChI=1S/C19H19F3N4O4S/c20-19(21,22)15-6-1-2-7-16(15)25-17(27)11-24-13-4-3-5-14(10-13)31(29,30)26-9-8-23-18(28)12-26/h1-7,10,24H,8-9,11-12H2,(H,23,28)(H,25,27). The maximum absolute atomic E-state index is 13.0. The number of anilines is 2. The second kappa shape index (κ2) is 8.94. The Morgan fingerprint density at radius 1 is 1.13 bits per heavy atom. The van der Waals surface area contributed by atoms with Crippen molar-refractivity contribution < 1.29 is 31.2 Å². The molecule has 8 nitrogen and oxygen atoms in total. The van der Waals surface area contributed by atoms with Crippen LogP contribution in [0.2, 0.25) is 0 Å². The summed E-state index contributed by atoms with van der Waals surface area (Å²) in [6.45, 7) is -0.342. The van der Waals surface area contributed by atoms with Gasteiger partial charge in [-0.3, -0.25) is 9.59 Å². The van der Waals surface area contributed by atoms with Crippen LogP contribution in [0.4, 0.5) is 24.5 Å². The number of alkyl halides is 3. The van der Waals surface area contributed by atoms with Crippen LogP contribution in [0.25, 0.3) is 0 Å². The van der Waals surface area contributed by atoms with E-state index in [1.54, 1.807) is 0 Å². The van der Waals surface area contributed by atoms with Crippen LogP contribution < -0.4 is 16.0 Å². The summed E-state index contributed by atoms with van der Waals surface area (Å²) in [5.74, 6) is -1.14. The molecule has 0 aliphatic carbocycles. The van der Waals surface area contributed by atoms with E-state index in [-0.39, 0.29) is 42.4 Å². The molecular weight excluding hydrogens is 437 g/mol. The molecule has 1 aliphatic rings. The summed E-state index contributed by atoms with van der Waals surface area (Å²) >= 11 is 0. The molecule has 166 valence electrons. The first-order valence-corrected chi connectivity index (χ1v) is 10.6. The van der Waals surface area contributed by atoms with E-state index in [1.165, 1.54) is 36.4 Å². The highest BCUT2D eigenvalue weighted by molar-refractivity contribution is 7.89. The molecule has 0 bridgehead atoms. The van der Waals surface area contributed by atoms with Gasteiger partial charge in [0.25, 0.3) is 0 Å². The molecule has 0 unspecified atom stereocenters. The highest BCUT2D eigenvalue weighted by Crippen LogP contribution is 2.34. The molecule has 0 radical (unpaired) electrons. The Bertz CT molecular complexity index is 1090. The molecule has 3 N–H and O–H groups in total. The molecule has 2 amide bonds. The van der Waals surface area contributed by atoms with E-state index in [1.807, 2.05) is 0 Å². The van der Waals surface area contributed by atoms with Gasteiger partial charge in [0, 0.05) is 18.8 Å². The van der Waals surface area contributed by atoms with E-state index >= 15 is 0 Å². The number of nitrogens with one attached hydrogen (secondary N) is 3. The van der Waals surface area contributed by atoms with Crippen LogP contribution in [0.15, 0.2) is 53.4 Å². The summed E-state index contributed by atoms with van der Waals surface area (Å²) in [6, 6.07) is 10.2. The van der Waals surface area contributed by atoms with Gasteiger partial charge in [0.15, 0.2) is 0 Å². The minimum absolute atomic E-state index is 0.0741. The van der Waals surface area contributed by atoms with Gasteiger partial charge >= 0.3 is 6.18 Å². The molecule has 1 heterocycles. The number of sulfonamides is 1. The summed E-state index contributed by atoms with van der Waals surface area (Å²) in [7, 11) is -3.92. The molecule has 1 aliphatic heterocycles. The van der Waals surface area contributed by atoms with E-state index in [9.17, 15) is 31.2 Å². The molecule has 0 aromatic heterocycles. The number of amides is 2. The Morgan fingerprint density at radius 2 is 1.87 bits per heavy atom. The quantitative estimate of drug-likeness (QED) is 0.615. The van der Waals surface area contributed by atoms with Crippen molar-refractivity contribution in [3.05, 3.63) is 54.1 Å². The van der Waals surface area contributed by atoms with Crippen molar-refractivity contribution in [3.63, 3.8) is 0 Å². The van der Waals surface area contributed by atoms with Gasteiger partial charge in [-0.1, -0.05) is 18.2 Å². The Labute approximate surface area is 176 Å². The molecule has 0 atom stereocenters. The zero-order valence-electron chi connectivity index (χ0n) is 16.1. The van der Waals surface area contributed by atoms with Crippen molar-refractivity contribution in [1.82, 2.24) is 9.62 Å². The zero-order valence-corrected chi connectivity index (χ0v) is 16.9. The molecule has 1 fully saturated rings. The summed E-state index contributed by atoms with van der Waals surface area (Å²) in [4.78, 5) is 23.5. The first-order valence-electron chi connectivity index (χ1n) is 9.14. The van der Waals surface area contributed by atoms with E-state index in [0.717, 1.165) is 16.4 Å². The fraction of sp³-hybridized carbons (Fsp3) is 0.263. The Morgan fingerprint density at radius 3 is 2.58 bits per heavy atom. The van der Waals surface area contributed by atoms with Gasteiger partial charge in [-0.25, -0.2) is 8.42 Å². The van der Waals surface area contributed by atoms with Crippen molar-refractivity contribution in [2.45, 2.75) is 11.1 Å². The molecule has 3 rings (SSSR count). The lowest BCUT2D eigenvalue weighted by Gasteiger charge is -2.26. The molecule has 2 aromatic rings. The van der Waals surface area contributed by atoms with Crippen LogP contribution in [-0.2, 0) is 25.8 Å². The third-order valence-corrected chi connectivity index (χ3v) is 6.28. The van der Waals surface area contributed by atoms with Crippen molar-refractivity contribution in [1.29, 1.82) is 0 Å². The number of hydrogen-bond acceptors (Lipinski definition) is 5. The number of rotatable bonds is 6. The number of hydrogen-bond donors (Lipinski definition) is 3. The number of nitrogens with zero attached hydrogens (tertiary/aromatic N) is 1. The number of carbonyl (C=O) groups is 2. The van der Waals surface area contributed by atoms with Gasteiger partial charge in [-0.15, -0.1) is 0 Å². The van der Waals surface area contributed by atoms with Crippen LogP contribution in [-0.4, -0.2) is 50.7 Å².